The standard InChI is InChI=1S/C40H30O2S2/c1-29(41)43-39-23-19-33(20-24-39)5-3-31-7-11-35(12-8-31)27-37-15-17-38(18-16-37)28-36-13-9-32(10-14-36)4-6-34-21-25-40(26-22-34)44-30(2)42/h7-26H,27-28H2,1-2H3. The highest BCUT2D eigenvalue weighted by Gasteiger charge is 2.02. The van der Waals surface area contributed by atoms with Crippen LogP contribution >= 0.6 is 23.5 Å². The molecule has 0 saturated carbocycles. The number of rotatable bonds is 6. The zero-order chi connectivity index (χ0) is 30.7. The van der Waals surface area contributed by atoms with Gasteiger partial charge in [0.05, 0.1) is 0 Å². The molecule has 0 amide bonds. The van der Waals surface area contributed by atoms with Crippen molar-refractivity contribution >= 4 is 33.8 Å². The van der Waals surface area contributed by atoms with Gasteiger partial charge in [-0.1, -0.05) is 95.7 Å². The van der Waals surface area contributed by atoms with E-state index in [0.29, 0.717) is 0 Å². The van der Waals surface area contributed by atoms with E-state index in [1.54, 1.807) is 13.8 Å². The molecule has 0 N–H and O–H groups in total. The Balaban J connectivity index is 1.12. The minimum Gasteiger partial charge on any atom is -0.287 e. The summed E-state index contributed by atoms with van der Waals surface area (Å²) in [4.78, 5) is 24.3. The van der Waals surface area contributed by atoms with Crippen LogP contribution in [0.3, 0.4) is 0 Å². The summed E-state index contributed by atoms with van der Waals surface area (Å²) in [5, 5.41) is 0.159. The molecular formula is C40H30O2S2. The molecule has 0 unspecified atom stereocenters. The third kappa shape index (κ3) is 9.65. The van der Waals surface area contributed by atoms with Crippen LogP contribution in [-0.2, 0) is 22.4 Å². The quantitative estimate of drug-likeness (QED) is 0.143. The molecule has 0 bridgehead atoms. The van der Waals surface area contributed by atoms with E-state index in [1.165, 1.54) is 45.8 Å². The minimum atomic E-state index is 0.0795. The van der Waals surface area contributed by atoms with E-state index in [0.717, 1.165) is 44.9 Å². The van der Waals surface area contributed by atoms with Crippen molar-refractivity contribution in [2.75, 3.05) is 0 Å². The number of hydrogen-bond acceptors (Lipinski definition) is 4. The summed E-state index contributed by atoms with van der Waals surface area (Å²) in [6, 6.07) is 41.1. The van der Waals surface area contributed by atoms with Gasteiger partial charge >= 0.3 is 0 Å². The first-order chi connectivity index (χ1) is 21.4. The van der Waals surface area contributed by atoms with Gasteiger partial charge in [-0.3, -0.25) is 9.59 Å². The van der Waals surface area contributed by atoms with Gasteiger partial charge in [-0.2, -0.15) is 0 Å². The van der Waals surface area contributed by atoms with Crippen LogP contribution in [0.25, 0.3) is 0 Å². The number of carbonyl (C=O) groups is 2. The largest absolute Gasteiger partial charge is 0.287 e. The Kier molecular flexibility index (Phi) is 10.6. The van der Waals surface area contributed by atoms with Crippen LogP contribution in [0, 0.1) is 23.7 Å². The third-order valence-corrected chi connectivity index (χ3v) is 8.27. The topological polar surface area (TPSA) is 34.1 Å². The molecule has 0 fully saturated rings. The molecule has 0 aromatic heterocycles. The fourth-order valence-corrected chi connectivity index (χ4v) is 5.70. The Morgan fingerprint density at radius 3 is 0.886 bits per heavy atom. The van der Waals surface area contributed by atoms with Gasteiger partial charge in [-0.15, -0.1) is 0 Å². The SMILES string of the molecule is CC(=O)Sc1ccc(C#Cc2ccc(Cc3ccc(Cc4ccc(C#Cc5ccc(SC(C)=O)cc5)cc4)cc3)cc2)cc1. The lowest BCUT2D eigenvalue weighted by Gasteiger charge is -2.06. The molecule has 0 aliphatic heterocycles. The molecule has 0 atom stereocenters. The van der Waals surface area contributed by atoms with Crippen LogP contribution in [0.5, 0.6) is 0 Å². The monoisotopic (exact) mass is 606 g/mol. The maximum atomic E-state index is 11.2. The highest BCUT2D eigenvalue weighted by molar-refractivity contribution is 8.13. The van der Waals surface area contributed by atoms with Crippen molar-refractivity contribution < 1.29 is 9.59 Å². The molecule has 0 aliphatic rings. The molecule has 0 heterocycles. The van der Waals surface area contributed by atoms with E-state index < -0.39 is 0 Å². The van der Waals surface area contributed by atoms with Gasteiger partial charge in [0.2, 0.25) is 0 Å². The van der Waals surface area contributed by atoms with E-state index in [-0.39, 0.29) is 10.2 Å². The summed E-state index contributed by atoms with van der Waals surface area (Å²) in [7, 11) is 0. The van der Waals surface area contributed by atoms with Crippen LogP contribution in [0.2, 0.25) is 0 Å². The lowest BCUT2D eigenvalue weighted by Crippen LogP contribution is -1.92. The predicted molar refractivity (Wildman–Crippen MR) is 183 cm³/mol. The third-order valence-electron chi connectivity index (χ3n) is 6.68. The van der Waals surface area contributed by atoms with Gasteiger partial charge in [-0.25, -0.2) is 0 Å². The Morgan fingerprint density at radius 1 is 0.409 bits per heavy atom. The second kappa shape index (κ2) is 15.1. The summed E-state index contributed by atoms with van der Waals surface area (Å²) in [5.74, 6) is 12.9. The lowest BCUT2D eigenvalue weighted by molar-refractivity contribution is -0.109. The molecule has 5 rings (SSSR count). The number of thioether (sulfide) groups is 2. The van der Waals surface area contributed by atoms with Gasteiger partial charge in [0.25, 0.3) is 0 Å². The second-order valence-electron chi connectivity index (χ2n) is 10.3. The van der Waals surface area contributed by atoms with Gasteiger partial charge in [0.15, 0.2) is 10.2 Å². The molecule has 0 spiro atoms. The number of benzene rings is 5. The van der Waals surface area contributed by atoms with Crippen molar-refractivity contribution in [3.63, 3.8) is 0 Å². The fourth-order valence-electron chi connectivity index (χ4n) is 4.49. The van der Waals surface area contributed by atoms with Crippen molar-refractivity contribution in [1.29, 1.82) is 0 Å². The zero-order valence-corrected chi connectivity index (χ0v) is 26.2. The minimum absolute atomic E-state index is 0.0795. The first-order valence-corrected chi connectivity index (χ1v) is 15.9. The molecule has 0 saturated heterocycles. The Morgan fingerprint density at radius 2 is 0.636 bits per heavy atom. The lowest BCUT2D eigenvalue weighted by atomic mass is 9.99. The van der Waals surface area contributed by atoms with Crippen LogP contribution < -0.4 is 0 Å². The van der Waals surface area contributed by atoms with Gasteiger partial charge in [0.1, 0.15) is 0 Å². The summed E-state index contributed by atoms with van der Waals surface area (Å²) in [5.41, 5.74) is 8.84. The molecule has 0 radical (unpaired) electrons. The normalized spacial score (nSPS) is 10.2. The Bertz CT molecular complexity index is 1720. The van der Waals surface area contributed by atoms with E-state index in [9.17, 15) is 9.59 Å². The van der Waals surface area contributed by atoms with Gasteiger partial charge in [-0.05, 0) is 108 Å². The highest BCUT2D eigenvalue weighted by Crippen LogP contribution is 2.20. The van der Waals surface area contributed by atoms with Crippen LogP contribution in [0.4, 0.5) is 0 Å². The van der Waals surface area contributed by atoms with Crippen LogP contribution in [-0.4, -0.2) is 10.2 Å². The van der Waals surface area contributed by atoms with Crippen LogP contribution in [0.1, 0.15) is 58.4 Å². The first kappa shape index (κ1) is 30.7. The van der Waals surface area contributed by atoms with Crippen molar-refractivity contribution in [2.45, 2.75) is 36.5 Å². The molecule has 44 heavy (non-hydrogen) atoms. The molecule has 214 valence electrons. The molecule has 4 heteroatoms. The maximum Gasteiger partial charge on any atom is 0.190 e. The Labute approximate surface area is 268 Å². The van der Waals surface area contributed by atoms with E-state index in [4.69, 9.17) is 0 Å². The number of hydrogen-bond donors (Lipinski definition) is 0. The molecule has 2 nitrogen and oxygen atoms in total. The van der Waals surface area contributed by atoms with Crippen LogP contribution in [0.15, 0.2) is 131 Å². The van der Waals surface area contributed by atoms with E-state index >= 15 is 0 Å². The highest BCUT2D eigenvalue weighted by atomic mass is 32.2. The number of carbonyl (C=O) groups excluding carboxylic acids is 2. The smallest absolute Gasteiger partial charge is 0.190 e. The van der Waals surface area contributed by atoms with E-state index in [1.807, 2.05) is 48.5 Å². The fraction of sp³-hybridized carbons (Fsp3) is 0.100. The average molecular weight is 607 g/mol. The average Bonchev–Trinajstić information content (AvgIpc) is 3.02. The zero-order valence-electron chi connectivity index (χ0n) is 24.6. The maximum absolute atomic E-state index is 11.2. The van der Waals surface area contributed by atoms with Crippen molar-refractivity contribution in [2.24, 2.45) is 0 Å². The molecule has 5 aromatic carbocycles. The molecule has 5 aromatic rings. The first-order valence-electron chi connectivity index (χ1n) is 14.2. The molecule has 0 aliphatic carbocycles. The summed E-state index contributed by atoms with van der Waals surface area (Å²) >= 11 is 2.46. The van der Waals surface area contributed by atoms with Gasteiger partial charge < -0.3 is 0 Å². The predicted octanol–water partition coefficient (Wildman–Crippen LogP) is 8.95. The van der Waals surface area contributed by atoms with Crippen molar-refractivity contribution in [3.8, 4) is 23.7 Å². The summed E-state index contributed by atoms with van der Waals surface area (Å²) in [6.07, 6.45) is 1.74. The second-order valence-corrected chi connectivity index (χ2v) is 12.8. The Hall–Kier alpha value is -4.74. The van der Waals surface area contributed by atoms with Crippen molar-refractivity contribution in [3.05, 3.63) is 166 Å². The summed E-state index contributed by atoms with van der Waals surface area (Å²) in [6.45, 7) is 3.14. The van der Waals surface area contributed by atoms with Crippen molar-refractivity contribution in [1.82, 2.24) is 0 Å². The summed E-state index contributed by atoms with van der Waals surface area (Å²) < 4.78 is 0. The van der Waals surface area contributed by atoms with E-state index in [2.05, 4.69) is 96.5 Å². The van der Waals surface area contributed by atoms with Gasteiger partial charge in [0, 0.05) is 45.9 Å². The molecular weight excluding hydrogens is 577 g/mol.